The number of aromatic nitrogens is 3. The molecule has 0 aliphatic carbocycles. The molecule has 3 aromatic rings. The van der Waals surface area contributed by atoms with Gasteiger partial charge < -0.3 is 9.80 Å². The van der Waals surface area contributed by atoms with Crippen molar-refractivity contribution in [1.29, 1.82) is 0 Å². The van der Waals surface area contributed by atoms with E-state index in [1.807, 2.05) is 35.1 Å². The Kier molecular flexibility index (Phi) is 4.65. The van der Waals surface area contributed by atoms with Crippen LogP contribution in [0.3, 0.4) is 0 Å². The summed E-state index contributed by atoms with van der Waals surface area (Å²) in [6.07, 6.45) is 0. The molecule has 0 amide bonds. The predicted molar refractivity (Wildman–Crippen MR) is 104 cm³/mol. The van der Waals surface area contributed by atoms with Crippen molar-refractivity contribution in [3.63, 3.8) is 0 Å². The average Bonchev–Trinajstić information content (AvgIpc) is 2.62. The Bertz CT molecular complexity index is 852. The van der Waals surface area contributed by atoms with Crippen molar-refractivity contribution in [1.82, 2.24) is 15.2 Å². The molecule has 25 heavy (non-hydrogen) atoms. The summed E-state index contributed by atoms with van der Waals surface area (Å²) in [5.74, 6) is 0.667. The van der Waals surface area contributed by atoms with Crippen LogP contribution in [0.15, 0.2) is 48.5 Å². The third-order valence-corrected chi connectivity index (χ3v) is 4.11. The van der Waals surface area contributed by atoms with Gasteiger partial charge in [-0.2, -0.15) is 0 Å². The first kappa shape index (κ1) is 16.9. The van der Waals surface area contributed by atoms with Gasteiger partial charge in [0.25, 0.3) is 0 Å². The molecule has 3 rings (SSSR count). The Labute approximate surface area is 149 Å². The van der Waals surface area contributed by atoms with Gasteiger partial charge in [0.1, 0.15) is 17.2 Å². The van der Waals surface area contributed by atoms with Crippen molar-refractivity contribution in [2.45, 2.75) is 6.92 Å². The van der Waals surface area contributed by atoms with E-state index in [2.05, 4.69) is 73.5 Å². The van der Waals surface area contributed by atoms with Crippen LogP contribution in [0, 0.1) is 6.92 Å². The molecule has 5 heteroatoms. The van der Waals surface area contributed by atoms with Crippen molar-refractivity contribution >= 4 is 11.4 Å². The summed E-state index contributed by atoms with van der Waals surface area (Å²) in [6, 6.07) is 16.6. The Balaban J connectivity index is 2.06. The zero-order valence-corrected chi connectivity index (χ0v) is 15.4. The van der Waals surface area contributed by atoms with Gasteiger partial charge in [-0.15, -0.1) is 10.2 Å². The molecule has 0 radical (unpaired) electrons. The Hall–Kier alpha value is -2.95. The molecule has 0 N–H and O–H groups in total. The van der Waals surface area contributed by atoms with E-state index in [1.165, 1.54) is 0 Å². The maximum Gasteiger partial charge on any atom is 0.148 e. The van der Waals surface area contributed by atoms with Crippen LogP contribution in [0.1, 0.15) is 5.82 Å². The largest absolute Gasteiger partial charge is 0.378 e. The van der Waals surface area contributed by atoms with E-state index in [4.69, 9.17) is 0 Å². The van der Waals surface area contributed by atoms with Crippen molar-refractivity contribution in [2.75, 3.05) is 38.0 Å². The van der Waals surface area contributed by atoms with Gasteiger partial charge in [-0.05, 0) is 31.2 Å². The van der Waals surface area contributed by atoms with Gasteiger partial charge in [-0.1, -0.05) is 24.3 Å². The minimum atomic E-state index is 0.667. The highest BCUT2D eigenvalue weighted by Crippen LogP contribution is 2.30. The highest BCUT2D eigenvalue weighted by Gasteiger charge is 2.13. The molecule has 128 valence electrons. The number of anilines is 2. The van der Waals surface area contributed by atoms with Crippen LogP contribution in [-0.4, -0.2) is 43.4 Å². The number of hydrogen-bond donors (Lipinski definition) is 0. The zero-order chi connectivity index (χ0) is 18.0. The number of hydrogen-bond acceptors (Lipinski definition) is 5. The van der Waals surface area contributed by atoms with Crippen LogP contribution in [0.2, 0.25) is 0 Å². The highest BCUT2D eigenvalue weighted by atomic mass is 15.2. The molecule has 0 saturated carbocycles. The van der Waals surface area contributed by atoms with Gasteiger partial charge in [0, 0.05) is 50.7 Å². The molecule has 0 aliphatic heterocycles. The molecule has 0 fully saturated rings. The summed E-state index contributed by atoms with van der Waals surface area (Å²) < 4.78 is 0. The second kappa shape index (κ2) is 6.89. The maximum absolute atomic E-state index is 4.65. The van der Waals surface area contributed by atoms with Crippen molar-refractivity contribution in [3.8, 4) is 22.5 Å². The van der Waals surface area contributed by atoms with E-state index in [0.29, 0.717) is 5.82 Å². The minimum absolute atomic E-state index is 0.667. The van der Waals surface area contributed by atoms with E-state index < -0.39 is 0 Å². The first-order chi connectivity index (χ1) is 12.0. The average molecular weight is 333 g/mol. The van der Waals surface area contributed by atoms with Crippen LogP contribution in [-0.2, 0) is 0 Å². The molecule has 0 atom stereocenters. The number of aryl methyl sites for hydroxylation is 1. The Morgan fingerprint density at radius 2 is 1.04 bits per heavy atom. The lowest BCUT2D eigenvalue weighted by molar-refractivity contribution is 0.918. The fourth-order valence-corrected chi connectivity index (χ4v) is 2.64. The molecule has 0 saturated heterocycles. The van der Waals surface area contributed by atoms with Gasteiger partial charge >= 0.3 is 0 Å². The molecule has 0 unspecified atom stereocenters. The summed E-state index contributed by atoms with van der Waals surface area (Å²) in [7, 11) is 8.12. The summed E-state index contributed by atoms with van der Waals surface area (Å²) in [5, 5.41) is 8.59. The third-order valence-electron chi connectivity index (χ3n) is 4.11. The van der Waals surface area contributed by atoms with E-state index in [-0.39, 0.29) is 0 Å². The predicted octanol–water partition coefficient (Wildman–Crippen LogP) is 3.65. The van der Waals surface area contributed by atoms with Crippen LogP contribution >= 0.6 is 0 Å². The molecule has 2 aromatic carbocycles. The normalized spacial score (nSPS) is 10.6. The first-order valence-electron chi connectivity index (χ1n) is 8.22. The molecule has 0 bridgehead atoms. The highest BCUT2D eigenvalue weighted by molar-refractivity contribution is 5.78. The zero-order valence-electron chi connectivity index (χ0n) is 15.4. The Morgan fingerprint density at radius 3 is 1.48 bits per heavy atom. The number of rotatable bonds is 4. The van der Waals surface area contributed by atoms with E-state index in [9.17, 15) is 0 Å². The van der Waals surface area contributed by atoms with Crippen LogP contribution < -0.4 is 9.80 Å². The van der Waals surface area contributed by atoms with Gasteiger partial charge in [0.15, 0.2) is 0 Å². The second-order valence-corrected chi connectivity index (χ2v) is 6.44. The maximum atomic E-state index is 4.65. The topological polar surface area (TPSA) is 45.2 Å². The SMILES string of the molecule is Cc1nnc(-c2ccc(N(C)C)cc2)c(-c2ccc(N(C)C)cc2)n1. The molecule has 0 aliphatic rings. The molecule has 1 aromatic heterocycles. The third kappa shape index (κ3) is 3.60. The molecule has 1 heterocycles. The summed E-state index contributed by atoms with van der Waals surface area (Å²) in [5.41, 5.74) is 6.00. The lowest BCUT2D eigenvalue weighted by Crippen LogP contribution is -2.08. The molecule has 5 nitrogen and oxygen atoms in total. The standard InChI is InChI=1S/C20H23N5/c1-14-21-19(15-6-10-17(11-7-15)24(2)3)20(23-22-14)16-8-12-18(13-9-16)25(4)5/h6-13H,1-5H3. The van der Waals surface area contributed by atoms with Crippen LogP contribution in [0.4, 0.5) is 11.4 Å². The summed E-state index contributed by atoms with van der Waals surface area (Å²) in [6.45, 7) is 1.86. The summed E-state index contributed by atoms with van der Waals surface area (Å²) >= 11 is 0. The lowest BCUT2D eigenvalue weighted by Gasteiger charge is -2.14. The molecular formula is C20H23N5. The fourth-order valence-electron chi connectivity index (χ4n) is 2.64. The van der Waals surface area contributed by atoms with Gasteiger partial charge in [0.2, 0.25) is 0 Å². The Morgan fingerprint density at radius 1 is 0.600 bits per heavy atom. The monoisotopic (exact) mass is 333 g/mol. The molecular weight excluding hydrogens is 310 g/mol. The second-order valence-electron chi connectivity index (χ2n) is 6.44. The fraction of sp³-hybridized carbons (Fsp3) is 0.250. The number of nitrogens with zero attached hydrogens (tertiary/aromatic N) is 5. The number of benzene rings is 2. The van der Waals surface area contributed by atoms with Crippen molar-refractivity contribution < 1.29 is 0 Å². The first-order valence-corrected chi connectivity index (χ1v) is 8.22. The van der Waals surface area contributed by atoms with Gasteiger partial charge in [0.05, 0.1) is 0 Å². The van der Waals surface area contributed by atoms with Gasteiger partial charge in [-0.3, -0.25) is 0 Å². The lowest BCUT2D eigenvalue weighted by atomic mass is 10.0. The summed E-state index contributed by atoms with van der Waals surface area (Å²) in [4.78, 5) is 8.80. The van der Waals surface area contributed by atoms with Crippen molar-refractivity contribution in [2.24, 2.45) is 0 Å². The minimum Gasteiger partial charge on any atom is -0.378 e. The van der Waals surface area contributed by atoms with Crippen LogP contribution in [0.25, 0.3) is 22.5 Å². The van der Waals surface area contributed by atoms with E-state index in [1.54, 1.807) is 0 Å². The van der Waals surface area contributed by atoms with Crippen LogP contribution in [0.5, 0.6) is 0 Å². The quantitative estimate of drug-likeness (QED) is 0.729. The smallest absolute Gasteiger partial charge is 0.148 e. The van der Waals surface area contributed by atoms with Crippen molar-refractivity contribution in [3.05, 3.63) is 54.4 Å². The van der Waals surface area contributed by atoms with Gasteiger partial charge in [-0.25, -0.2) is 4.98 Å². The van der Waals surface area contributed by atoms with E-state index in [0.717, 1.165) is 33.9 Å². The molecule has 0 spiro atoms. The van der Waals surface area contributed by atoms with E-state index >= 15 is 0 Å².